The van der Waals surface area contributed by atoms with Gasteiger partial charge in [-0.1, -0.05) is 76.4 Å². The molecule has 0 unspecified atom stereocenters. The van der Waals surface area contributed by atoms with Crippen molar-refractivity contribution >= 4 is 11.8 Å². The minimum Gasteiger partial charge on any atom is -0.483 e. The highest BCUT2D eigenvalue weighted by Crippen LogP contribution is 2.31. The fourth-order valence-electron chi connectivity index (χ4n) is 4.40. The van der Waals surface area contributed by atoms with Crippen LogP contribution in [0.25, 0.3) is 0 Å². The fourth-order valence-corrected chi connectivity index (χ4v) is 4.40. The average molecular weight is 469 g/mol. The van der Waals surface area contributed by atoms with E-state index in [4.69, 9.17) is 4.74 Å². The number of ether oxygens (including phenoxy) is 1. The third-order valence-corrected chi connectivity index (χ3v) is 6.46. The van der Waals surface area contributed by atoms with Crippen molar-refractivity contribution in [2.24, 2.45) is 0 Å². The molecule has 1 N–H and O–H groups in total. The molecule has 1 atom stereocenters. The largest absolute Gasteiger partial charge is 0.483 e. The number of nitrogens with one attached hydrogen (secondary N) is 1. The molecular weight excluding hydrogens is 431 g/mol. The lowest BCUT2D eigenvalue weighted by Gasteiger charge is -2.31. The van der Waals surface area contributed by atoms with Crippen LogP contribution in [-0.4, -0.2) is 35.4 Å². The molecule has 184 valence electrons. The lowest BCUT2D eigenvalue weighted by atomic mass is 9.86. The van der Waals surface area contributed by atoms with Gasteiger partial charge < -0.3 is 15.0 Å². The van der Waals surface area contributed by atoms with E-state index >= 15 is 0 Å². The maximum atomic E-state index is 14.4. The van der Waals surface area contributed by atoms with Gasteiger partial charge in [-0.3, -0.25) is 9.59 Å². The molecule has 1 aliphatic carbocycles. The third kappa shape index (κ3) is 6.81. The molecule has 3 rings (SSSR count). The Balaban J connectivity index is 1.76. The molecule has 6 heteroatoms. The first-order valence-electron chi connectivity index (χ1n) is 12.2. The molecule has 0 aromatic heterocycles. The van der Waals surface area contributed by atoms with Crippen LogP contribution in [0.3, 0.4) is 0 Å². The first-order chi connectivity index (χ1) is 16.2. The number of carbonyl (C=O) groups is 2. The Hall–Kier alpha value is -2.89. The zero-order chi connectivity index (χ0) is 24.7. The van der Waals surface area contributed by atoms with Gasteiger partial charge in [0.1, 0.15) is 17.6 Å². The van der Waals surface area contributed by atoms with Crippen LogP contribution >= 0.6 is 0 Å². The number of benzene rings is 2. The second kappa shape index (κ2) is 11.5. The van der Waals surface area contributed by atoms with Crippen LogP contribution in [0.5, 0.6) is 5.75 Å². The van der Waals surface area contributed by atoms with Crippen LogP contribution in [0.4, 0.5) is 4.39 Å². The molecular formula is C28H37FN2O3. The zero-order valence-electron chi connectivity index (χ0n) is 20.8. The summed E-state index contributed by atoms with van der Waals surface area (Å²) in [5, 5.41) is 3.09. The Labute approximate surface area is 202 Å². The number of halogens is 1. The summed E-state index contributed by atoms with van der Waals surface area (Å²) in [6.07, 6.45) is 5.28. The highest BCUT2D eigenvalue weighted by Gasteiger charge is 2.29. The van der Waals surface area contributed by atoms with Gasteiger partial charge >= 0.3 is 0 Å². The van der Waals surface area contributed by atoms with Crippen LogP contribution in [0.1, 0.15) is 70.9 Å². The molecule has 0 spiro atoms. The van der Waals surface area contributed by atoms with Crippen molar-refractivity contribution < 1.29 is 18.7 Å². The molecule has 0 aliphatic heterocycles. The van der Waals surface area contributed by atoms with E-state index in [2.05, 4.69) is 26.1 Å². The minimum atomic E-state index is -0.754. The summed E-state index contributed by atoms with van der Waals surface area (Å²) in [6, 6.07) is 13.3. The average Bonchev–Trinajstić information content (AvgIpc) is 2.82. The van der Waals surface area contributed by atoms with Crippen molar-refractivity contribution in [3.63, 3.8) is 0 Å². The van der Waals surface area contributed by atoms with E-state index in [1.807, 2.05) is 24.3 Å². The number of amides is 2. The summed E-state index contributed by atoms with van der Waals surface area (Å²) in [6.45, 7) is 7.70. The van der Waals surface area contributed by atoms with Crippen molar-refractivity contribution in [3.05, 3.63) is 65.5 Å². The lowest BCUT2D eigenvalue weighted by Crippen LogP contribution is -2.51. The zero-order valence-corrected chi connectivity index (χ0v) is 20.8. The molecule has 5 nitrogen and oxygen atoms in total. The molecule has 0 heterocycles. The second-order valence-corrected chi connectivity index (χ2v) is 10.2. The smallest absolute Gasteiger partial charge is 0.261 e. The van der Waals surface area contributed by atoms with Crippen LogP contribution in [0.15, 0.2) is 48.5 Å². The SMILES string of the molecule is C[C@H](C(=O)NC1CCCCC1)N(Cc1ccccc1F)C(=O)COc1ccccc1C(C)(C)C. The van der Waals surface area contributed by atoms with Crippen molar-refractivity contribution in [1.82, 2.24) is 10.2 Å². The van der Waals surface area contributed by atoms with Crippen molar-refractivity contribution in [2.75, 3.05) is 6.61 Å². The van der Waals surface area contributed by atoms with E-state index in [1.165, 1.54) is 17.4 Å². The lowest BCUT2D eigenvalue weighted by molar-refractivity contribution is -0.142. The molecule has 2 amide bonds. The Morgan fingerprint density at radius 2 is 1.71 bits per heavy atom. The van der Waals surface area contributed by atoms with Crippen molar-refractivity contribution in [2.45, 2.75) is 83.8 Å². The number of nitrogens with zero attached hydrogens (tertiary/aromatic N) is 1. The van der Waals surface area contributed by atoms with Gasteiger partial charge in [-0.25, -0.2) is 4.39 Å². The first kappa shape index (κ1) is 25.7. The van der Waals surface area contributed by atoms with Gasteiger partial charge in [-0.2, -0.15) is 0 Å². The number of rotatable bonds is 8. The Morgan fingerprint density at radius 3 is 2.38 bits per heavy atom. The normalized spacial score (nSPS) is 15.4. The summed E-state index contributed by atoms with van der Waals surface area (Å²) in [5.41, 5.74) is 1.20. The molecule has 34 heavy (non-hydrogen) atoms. The molecule has 0 bridgehead atoms. The Kier molecular flexibility index (Phi) is 8.70. The van der Waals surface area contributed by atoms with Crippen molar-refractivity contribution in [1.29, 1.82) is 0 Å². The van der Waals surface area contributed by atoms with E-state index in [9.17, 15) is 14.0 Å². The van der Waals surface area contributed by atoms with Crippen molar-refractivity contribution in [3.8, 4) is 5.75 Å². The molecule has 2 aromatic carbocycles. The standard InChI is InChI=1S/C28H37FN2O3/c1-20(27(33)30-22-13-6-5-7-14-22)31(18-21-12-8-10-16-24(21)29)26(32)19-34-25-17-11-9-15-23(25)28(2,3)4/h8-12,15-17,20,22H,5-7,13-14,18-19H2,1-4H3,(H,30,33)/t20-/m1/s1. The Bertz CT molecular complexity index is 980. The number of carbonyl (C=O) groups excluding carboxylic acids is 2. The molecule has 0 saturated heterocycles. The van der Waals surface area contributed by atoms with Crippen LogP contribution < -0.4 is 10.1 Å². The summed E-state index contributed by atoms with van der Waals surface area (Å²) in [4.78, 5) is 27.8. The van der Waals surface area contributed by atoms with Gasteiger partial charge in [0.25, 0.3) is 5.91 Å². The topological polar surface area (TPSA) is 58.6 Å². The third-order valence-electron chi connectivity index (χ3n) is 6.46. The number of para-hydroxylation sites is 1. The first-order valence-corrected chi connectivity index (χ1v) is 12.2. The fraction of sp³-hybridized carbons (Fsp3) is 0.500. The van der Waals surface area contributed by atoms with E-state index in [0.29, 0.717) is 11.3 Å². The summed E-state index contributed by atoms with van der Waals surface area (Å²) >= 11 is 0. The highest BCUT2D eigenvalue weighted by molar-refractivity contribution is 5.88. The van der Waals surface area contributed by atoms with Gasteiger partial charge in [0.2, 0.25) is 5.91 Å². The molecule has 1 aliphatic rings. The summed E-state index contributed by atoms with van der Waals surface area (Å²) in [7, 11) is 0. The van der Waals surface area contributed by atoms with Crippen LogP contribution in [0.2, 0.25) is 0 Å². The molecule has 1 fully saturated rings. The number of hydrogen-bond donors (Lipinski definition) is 1. The van der Waals surface area contributed by atoms with E-state index in [1.54, 1.807) is 25.1 Å². The molecule has 2 aromatic rings. The van der Waals surface area contributed by atoms with E-state index in [0.717, 1.165) is 31.2 Å². The predicted molar refractivity (Wildman–Crippen MR) is 132 cm³/mol. The monoisotopic (exact) mass is 468 g/mol. The quantitative estimate of drug-likeness (QED) is 0.567. The Morgan fingerprint density at radius 1 is 1.06 bits per heavy atom. The van der Waals surface area contributed by atoms with Gasteiger partial charge in [0.05, 0.1) is 0 Å². The van der Waals surface area contributed by atoms with Gasteiger partial charge in [-0.15, -0.1) is 0 Å². The molecule has 1 saturated carbocycles. The predicted octanol–water partition coefficient (Wildman–Crippen LogP) is 5.37. The molecule has 0 radical (unpaired) electrons. The summed E-state index contributed by atoms with van der Waals surface area (Å²) in [5.74, 6) is -0.349. The number of hydrogen-bond acceptors (Lipinski definition) is 3. The van der Waals surface area contributed by atoms with Crippen LogP contribution in [-0.2, 0) is 21.5 Å². The van der Waals surface area contributed by atoms with Gasteiger partial charge in [-0.05, 0) is 42.9 Å². The minimum absolute atomic E-state index is 0.00492. The maximum absolute atomic E-state index is 14.4. The second-order valence-electron chi connectivity index (χ2n) is 10.2. The highest BCUT2D eigenvalue weighted by atomic mass is 19.1. The van der Waals surface area contributed by atoms with Crippen LogP contribution in [0, 0.1) is 5.82 Å². The summed E-state index contributed by atoms with van der Waals surface area (Å²) < 4.78 is 20.4. The maximum Gasteiger partial charge on any atom is 0.261 e. The van der Waals surface area contributed by atoms with Gasteiger partial charge in [0.15, 0.2) is 6.61 Å². The van der Waals surface area contributed by atoms with E-state index in [-0.39, 0.29) is 36.4 Å². The van der Waals surface area contributed by atoms with E-state index < -0.39 is 11.9 Å². The van der Waals surface area contributed by atoms with Gasteiger partial charge in [0, 0.05) is 18.2 Å².